The number of nitrogens with zero attached hydrogens (tertiary/aromatic N) is 1. The Balaban J connectivity index is 2.48. The standard InChI is InChI=1S/C8H7BrFN/c9-8-7(5-1-2-5)6(10)3-4-11-8/h3-5H,1-2H2. The SMILES string of the molecule is Fc1ccnc(Br)c1C1CC1. The zero-order chi connectivity index (χ0) is 7.84. The summed E-state index contributed by atoms with van der Waals surface area (Å²) in [5.74, 6) is 0.285. The zero-order valence-electron chi connectivity index (χ0n) is 5.85. The first-order valence-corrected chi connectivity index (χ1v) is 4.38. The highest BCUT2D eigenvalue weighted by Crippen LogP contribution is 2.43. The summed E-state index contributed by atoms with van der Waals surface area (Å²) < 4.78 is 13.7. The van der Waals surface area contributed by atoms with Gasteiger partial charge >= 0.3 is 0 Å². The highest BCUT2D eigenvalue weighted by atomic mass is 79.9. The van der Waals surface area contributed by atoms with Gasteiger partial charge in [-0.05, 0) is 40.8 Å². The van der Waals surface area contributed by atoms with Crippen molar-refractivity contribution in [1.29, 1.82) is 0 Å². The van der Waals surface area contributed by atoms with Gasteiger partial charge in [-0.3, -0.25) is 0 Å². The lowest BCUT2D eigenvalue weighted by atomic mass is 10.2. The van der Waals surface area contributed by atoms with Crippen molar-refractivity contribution in [3.63, 3.8) is 0 Å². The van der Waals surface area contributed by atoms with E-state index in [1.54, 1.807) is 0 Å². The number of pyridine rings is 1. The number of hydrogen-bond acceptors (Lipinski definition) is 1. The second-order valence-corrected chi connectivity index (χ2v) is 3.52. The van der Waals surface area contributed by atoms with Crippen molar-refractivity contribution in [3.8, 4) is 0 Å². The molecule has 3 heteroatoms. The molecule has 0 N–H and O–H groups in total. The maximum Gasteiger partial charge on any atom is 0.130 e. The summed E-state index contributed by atoms with van der Waals surface area (Å²) in [6, 6.07) is 1.42. The molecule has 0 spiro atoms. The molecule has 0 unspecified atom stereocenters. The van der Waals surface area contributed by atoms with Crippen LogP contribution in [-0.2, 0) is 0 Å². The maximum atomic E-state index is 13.1. The van der Waals surface area contributed by atoms with Gasteiger partial charge in [-0.2, -0.15) is 0 Å². The van der Waals surface area contributed by atoms with Crippen LogP contribution >= 0.6 is 15.9 Å². The first kappa shape index (κ1) is 7.22. The first-order valence-electron chi connectivity index (χ1n) is 3.59. The third kappa shape index (κ3) is 1.29. The molecule has 0 atom stereocenters. The van der Waals surface area contributed by atoms with E-state index in [-0.39, 0.29) is 5.82 Å². The fraction of sp³-hybridized carbons (Fsp3) is 0.375. The molecule has 1 fully saturated rings. The Bertz CT molecular complexity index is 263. The lowest BCUT2D eigenvalue weighted by Gasteiger charge is -2.00. The third-order valence-corrected chi connectivity index (χ3v) is 2.51. The molecule has 2 rings (SSSR count). The van der Waals surface area contributed by atoms with Gasteiger partial charge in [0.25, 0.3) is 0 Å². The van der Waals surface area contributed by atoms with Crippen LogP contribution in [-0.4, -0.2) is 4.98 Å². The van der Waals surface area contributed by atoms with Gasteiger partial charge in [0.2, 0.25) is 0 Å². The molecule has 0 aromatic carbocycles. The van der Waals surface area contributed by atoms with Crippen molar-refractivity contribution in [2.24, 2.45) is 0 Å². The van der Waals surface area contributed by atoms with Crippen LogP contribution in [0.5, 0.6) is 0 Å². The van der Waals surface area contributed by atoms with E-state index in [1.807, 2.05) is 0 Å². The van der Waals surface area contributed by atoms with Crippen molar-refractivity contribution < 1.29 is 4.39 Å². The molecule has 11 heavy (non-hydrogen) atoms. The van der Waals surface area contributed by atoms with Crippen LogP contribution in [0.3, 0.4) is 0 Å². The van der Waals surface area contributed by atoms with Crippen LogP contribution in [0.2, 0.25) is 0 Å². The molecule has 0 radical (unpaired) electrons. The summed E-state index contributed by atoms with van der Waals surface area (Å²) >= 11 is 3.24. The number of halogens is 2. The van der Waals surface area contributed by atoms with Gasteiger partial charge in [-0.25, -0.2) is 9.37 Å². The number of hydrogen-bond donors (Lipinski definition) is 0. The summed E-state index contributed by atoms with van der Waals surface area (Å²) in [7, 11) is 0. The largest absolute Gasteiger partial charge is 0.249 e. The first-order chi connectivity index (χ1) is 5.29. The van der Waals surface area contributed by atoms with Crippen molar-refractivity contribution >= 4 is 15.9 Å². The molecular weight excluding hydrogens is 209 g/mol. The van der Waals surface area contributed by atoms with E-state index in [2.05, 4.69) is 20.9 Å². The number of aromatic nitrogens is 1. The van der Waals surface area contributed by atoms with E-state index >= 15 is 0 Å². The minimum absolute atomic E-state index is 0.130. The van der Waals surface area contributed by atoms with Crippen molar-refractivity contribution in [2.75, 3.05) is 0 Å². The topological polar surface area (TPSA) is 12.9 Å². The molecule has 1 aliphatic rings. The van der Waals surface area contributed by atoms with Gasteiger partial charge in [-0.1, -0.05) is 0 Å². The van der Waals surface area contributed by atoms with Crippen LogP contribution in [0.1, 0.15) is 24.3 Å². The van der Waals surface area contributed by atoms with Crippen LogP contribution in [0, 0.1) is 5.82 Å². The van der Waals surface area contributed by atoms with E-state index in [4.69, 9.17) is 0 Å². The smallest absolute Gasteiger partial charge is 0.130 e. The highest BCUT2D eigenvalue weighted by molar-refractivity contribution is 9.10. The van der Waals surface area contributed by atoms with E-state index in [0.717, 1.165) is 18.4 Å². The van der Waals surface area contributed by atoms with Crippen LogP contribution in [0.15, 0.2) is 16.9 Å². The maximum absolute atomic E-state index is 13.1. The highest BCUT2D eigenvalue weighted by Gasteiger charge is 2.28. The summed E-state index contributed by atoms with van der Waals surface area (Å²) in [6.45, 7) is 0. The van der Waals surface area contributed by atoms with Crippen LogP contribution < -0.4 is 0 Å². The normalized spacial score (nSPS) is 16.9. The summed E-state index contributed by atoms with van der Waals surface area (Å²) in [6.07, 6.45) is 3.67. The summed E-state index contributed by atoms with van der Waals surface area (Å²) in [5, 5.41) is 0. The van der Waals surface area contributed by atoms with Gasteiger partial charge < -0.3 is 0 Å². The van der Waals surface area contributed by atoms with E-state index < -0.39 is 0 Å². The molecule has 0 saturated heterocycles. The van der Waals surface area contributed by atoms with Gasteiger partial charge in [0.15, 0.2) is 0 Å². The molecule has 0 aliphatic heterocycles. The predicted octanol–water partition coefficient (Wildman–Crippen LogP) is 2.86. The minimum atomic E-state index is -0.130. The second kappa shape index (κ2) is 2.55. The fourth-order valence-electron chi connectivity index (χ4n) is 1.16. The quantitative estimate of drug-likeness (QED) is 0.657. The molecule has 0 bridgehead atoms. The molecule has 1 nitrogen and oxygen atoms in total. The molecule has 1 aliphatic carbocycles. The van der Waals surface area contributed by atoms with Gasteiger partial charge in [0.1, 0.15) is 10.4 Å². The molecule has 0 amide bonds. The Morgan fingerprint density at radius 2 is 2.27 bits per heavy atom. The molecule has 1 aromatic heterocycles. The van der Waals surface area contributed by atoms with Gasteiger partial charge in [0, 0.05) is 11.8 Å². The third-order valence-electron chi connectivity index (χ3n) is 1.87. The Labute approximate surface area is 72.8 Å². The Kier molecular flexibility index (Phi) is 1.68. The monoisotopic (exact) mass is 215 g/mol. The van der Waals surface area contributed by atoms with Crippen molar-refractivity contribution in [2.45, 2.75) is 18.8 Å². The molecular formula is C8H7BrFN. The fourth-order valence-corrected chi connectivity index (χ4v) is 1.79. The lowest BCUT2D eigenvalue weighted by Crippen LogP contribution is -1.90. The average Bonchev–Trinajstić information content (AvgIpc) is 2.70. The van der Waals surface area contributed by atoms with Crippen molar-refractivity contribution in [1.82, 2.24) is 4.98 Å². The molecule has 1 heterocycles. The van der Waals surface area contributed by atoms with E-state index in [0.29, 0.717) is 10.5 Å². The lowest BCUT2D eigenvalue weighted by molar-refractivity contribution is 0.605. The second-order valence-electron chi connectivity index (χ2n) is 2.77. The number of rotatable bonds is 1. The van der Waals surface area contributed by atoms with Crippen LogP contribution in [0.25, 0.3) is 0 Å². The summed E-state index contributed by atoms with van der Waals surface area (Å²) in [5.41, 5.74) is 0.757. The Hall–Kier alpha value is -0.440. The predicted molar refractivity (Wildman–Crippen MR) is 43.9 cm³/mol. The summed E-state index contributed by atoms with van der Waals surface area (Å²) in [4.78, 5) is 3.98. The van der Waals surface area contributed by atoms with E-state index in [1.165, 1.54) is 12.3 Å². The minimum Gasteiger partial charge on any atom is -0.249 e. The molecule has 1 saturated carbocycles. The molecule has 58 valence electrons. The zero-order valence-corrected chi connectivity index (χ0v) is 7.44. The Morgan fingerprint density at radius 1 is 1.55 bits per heavy atom. The molecule has 1 aromatic rings. The van der Waals surface area contributed by atoms with Gasteiger partial charge in [-0.15, -0.1) is 0 Å². The van der Waals surface area contributed by atoms with Crippen molar-refractivity contribution in [3.05, 3.63) is 28.2 Å². The van der Waals surface area contributed by atoms with E-state index in [9.17, 15) is 4.39 Å². The average molecular weight is 216 g/mol. The Morgan fingerprint density at radius 3 is 2.82 bits per heavy atom. The van der Waals surface area contributed by atoms with Crippen LogP contribution in [0.4, 0.5) is 4.39 Å². The van der Waals surface area contributed by atoms with Gasteiger partial charge in [0.05, 0.1) is 0 Å².